The first-order valence-electron chi connectivity index (χ1n) is 7.92. The van der Waals surface area contributed by atoms with Crippen LogP contribution in [0.5, 0.6) is 0 Å². The summed E-state index contributed by atoms with van der Waals surface area (Å²) in [6, 6.07) is 0. The summed E-state index contributed by atoms with van der Waals surface area (Å²) in [5.74, 6) is 1.37. The van der Waals surface area contributed by atoms with E-state index in [1.54, 1.807) is 0 Å². The van der Waals surface area contributed by atoms with Crippen molar-refractivity contribution >= 4 is 5.78 Å². The SMILES string of the molecule is C=C(C)CCC(=O)C12CC3CC(C)(CC(C)(C3)C1)C2. The van der Waals surface area contributed by atoms with Gasteiger partial charge in [0.2, 0.25) is 0 Å². The maximum atomic E-state index is 12.8. The van der Waals surface area contributed by atoms with E-state index in [0.717, 1.165) is 24.3 Å². The molecular formula is C18H28O. The summed E-state index contributed by atoms with van der Waals surface area (Å²) in [6.07, 6.45) is 9.24. The standard InChI is InChI=1S/C18H28O/c1-13(2)5-6-15(19)18-9-14-7-16(3,11-18)10-17(4,8-14)12-18/h14H,1,5-12H2,2-4H3. The molecule has 0 saturated heterocycles. The van der Waals surface area contributed by atoms with E-state index in [-0.39, 0.29) is 5.41 Å². The van der Waals surface area contributed by atoms with Crippen LogP contribution in [-0.4, -0.2) is 5.78 Å². The molecule has 0 radical (unpaired) electrons. The lowest BCUT2D eigenvalue weighted by atomic mass is 9.39. The third-order valence-electron chi connectivity index (χ3n) is 6.00. The van der Waals surface area contributed by atoms with Gasteiger partial charge in [-0.15, -0.1) is 6.58 Å². The quantitative estimate of drug-likeness (QED) is 0.656. The lowest BCUT2D eigenvalue weighted by molar-refractivity contribution is -0.168. The second-order valence-electron chi connectivity index (χ2n) is 8.79. The maximum Gasteiger partial charge on any atom is 0.139 e. The van der Waals surface area contributed by atoms with Crippen LogP contribution in [0.2, 0.25) is 0 Å². The molecule has 1 nitrogen and oxygen atoms in total. The number of Topliss-reactive ketones (excluding diaryl/α,β-unsaturated/α-hetero) is 1. The van der Waals surface area contributed by atoms with Crippen LogP contribution in [0.25, 0.3) is 0 Å². The summed E-state index contributed by atoms with van der Waals surface area (Å²) >= 11 is 0. The Hall–Kier alpha value is -0.590. The van der Waals surface area contributed by atoms with Gasteiger partial charge in [-0.1, -0.05) is 19.4 Å². The Labute approximate surface area is 117 Å². The third-order valence-corrected chi connectivity index (χ3v) is 6.00. The molecule has 4 fully saturated rings. The second kappa shape index (κ2) is 3.96. The van der Waals surface area contributed by atoms with E-state index < -0.39 is 0 Å². The average molecular weight is 260 g/mol. The van der Waals surface area contributed by atoms with Crippen molar-refractivity contribution in [2.75, 3.05) is 0 Å². The van der Waals surface area contributed by atoms with Gasteiger partial charge in [-0.25, -0.2) is 0 Å². The Bertz CT molecular complexity index is 415. The topological polar surface area (TPSA) is 17.1 Å². The molecule has 1 heteroatoms. The van der Waals surface area contributed by atoms with E-state index in [0.29, 0.717) is 16.6 Å². The summed E-state index contributed by atoms with van der Waals surface area (Å²) in [4.78, 5) is 12.8. The number of ketones is 1. The van der Waals surface area contributed by atoms with Crippen LogP contribution in [0, 0.1) is 22.2 Å². The van der Waals surface area contributed by atoms with Crippen LogP contribution in [0.4, 0.5) is 0 Å². The van der Waals surface area contributed by atoms with Crippen LogP contribution in [0.3, 0.4) is 0 Å². The zero-order valence-electron chi connectivity index (χ0n) is 12.8. The smallest absolute Gasteiger partial charge is 0.139 e. The molecule has 2 atom stereocenters. The second-order valence-corrected chi connectivity index (χ2v) is 8.79. The fourth-order valence-electron chi connectivity index (χ4n) is 6.35. The molecule has 0 spiro atoms. The molecule has 4 rings (SSSR count). The third kappa shape index (κ3) is 2.19. The van der Waals surface area contributed by atoms with Gasteiger partial charge >= 0.3 is 0 Å². The number of hydrogen-bond acceptors (Lipinski definition) is 1. The zero-order valence-corrected chi connectivity index (χ0v) is 12.8. The van der Waals surface area contributed by atoms with E-state index in [9.17, 15) is 4.79 Å². The lowest BCUT2D eigenvalue weighted by Gasteiger charge is -2.64. The Morgan fingerprint density at radius 2 is 1.63 bits per heavy atom. The van der Waals surface area contributed by atoms with Gasteiger partial charge < -0.3 is 0 Å². The fourth-order valence-corrected chi connectivity index (χ4v) is 6.35. The molecule has 0 aromatic carbocycles. The van der Waals surface area contributed by atoms with Crippen molar-refractivity contribution in [3.05, 3.63) is 12.2 Å². The summed E-state index contributed by atoms with van der Waals surface area (Å²) in [5.41, 5.74) is 2.09. The number of allylic oxidation sites excluding steroid dienone is 1. The molecule has 4 aliphatic carbocycles. The molecule has 0 aromatic heterocycles. The minimum Gasteiger partial charge on any atom is -0.299 e. The highest BCUT2D eigenvalue weighted by Gasteiger charge is 2.62. The summed E-state index contributed by atoms with van der Waals surface area (Å²) in [5, 5.41) is 0. The van der Waals surface area contributed by atoms with Crippen molar-refractivity contribution in [1.82, 2.24) is 0 Å². The van der Waals surface area contributed by atoms with Crippen LogP contribution in [0.1, 0.15) is 72.1 Å². The largest absolute Gasteiger partial charge is 0.299 e. The van der Waals surface area contributed by atoms with Crippen molar-refractivity contribution in [3.63, 3.8) is 0 Å². The van der Waals surface area contributed by atoms with E-state index in [2.05, 4.69) is 20.4 Å². The maximum absolute atomic E-state index is 12.8. The molecule has 4 saturated carbocycles. The molecule has 19 heavy (non-hydrogen) atoms. The van der Waals surface area contributed by atoms with Gasteiger partial charge in [0.1, 0.15) is 5.78 Å². The molecule has 0 N–H and O–H groups in total. The number of carbonyl (C=O) groups excluding carboxylic acids is 1. The lowest BCUT2D eigenvalue weighted by Crippen LogP contribution is -2.57. The summed E-state index contributed by atoms with van der Waals surface area (Å²) < 4.78 is 0. The van der Waals surface area contributed by atoms with Gasteiger partial charge in [0.05, 0.1) is 0 Å². The Morgan fingerprint density at radius 1 is 1.05 bits per heavy atom. The highest BCUT2D eigenvalue weighted by Crippen LogP contribution is 2.69. The normalized spacial score (nSPS) is 47.4. The Kier molecular flexibility index (Phi) is 2.79. The first kappa shape index (κ1) is 13.4. The van der Waals surface area contributed by atoms with Crippen molar-refractivity contribution in [1.29, 1.82) is 0 Å². The minimum absolute atomic E-state index is 0.0400. The van der Waals surface area contributed by atoms with Gasteiger partial charge in [0, 0.05) is 11.8 Å². The molecule has 0 aliphatic heterocycles. The van der Waals surface area contributed by atoms with Crippen LogP contribution >= 0.6 is 0 Å². The van der Waals surface area contributed by atoms with E-state index >= 15 is 0 Å². The molecular weight excluding hydrogens is 232 g/mol. The summed E-state index contributed by atoms with van der Waals surface area (Å²) in [7, 11) is 0. The van der Waals surface area contributed by atoms with Crippen LogP contribution in [0.15, 0.2) is 12.2 Å². The zero-order chi connectivity index (χ0) is 13.9. The predicted octanol–water partition coefficient (Wildman–Crippen LogP) is 4.91. The molecule has 4 aliphatic rings. The van der Waals surface area contributed by atoms with E-state index in [4.69, 9.17) is 0 Å². The Morgan fingerprint density at radius 3 is 2.11 bits per heavy atom. The molecule has 106 valence electrons. The first-order chi connectivity index (χ1) is 8.74. The van der Waals surface area contributed by atoms with Crippen LogP contribution in [-0.2, 0) is 4.79 Å². The fraction of sp³-hybridized carbons (Fsp3) is 0.833. The van der Waals surface area contributed by atoms with Gasteiger partial charge in [0.15, 0.2) is 0 Å². The number of rotatable bonds is 4. The highest BCUT2D eigenvalue weighted by atomic mass is 16.1. The number of hydrogen-bond donors (Lipinski definition) is 0. The molecule has 0 aromatic rings. The van der Waals surface area contributed by atoms with Gasteiger partial charge in [0.25, 0.3) is 0 Å². The number of carbonyl (C=O) groups is 1. The van der Waals surface area contributed by atoms with Crippen LogP contribution < -0.4 is 0 Å². The Balaban J connectivity index is 1.84. The van der Waals surface area contributed by atoms with E-state index in [1.165, 1.54) is 38.5 Å². The van der Waals surface area contributed by atoms with Gasteiger partial charge in [-0.3, -0.25) is 4.79 Å². The van der Waals surface area contributed by atoms with Crippen molar-refractivity contribution < 1.29 is 4.79 Å². The average Bonchev–Trinajstić information content (AvgIpc) is 2.20. The first-order valence-corrected chi connectivity index (χ1v) is 7.92. The highest BCUT2D eigenvalue weighted by molar-refractivity contribution is 5.85. The van der Waals surface area contributed by atoms with Gasteiger partial charge in [-0.05, 0) is 68.6 Å². The van der Waals surface area contributed by atoms with Crippen molar-refractivity contribution in [2.24, 2.45) is 22.2 Å². The molecule has 4 bridgehead atoms. The molecule has 0 heterocycles. The van der Waals surface area contributed by atoms with Gasteiger partial charge in [-0.2, -0.15) is 0 Å². The van der Waals surface area contributed by atoms with E-state index in [1.807, 2.05) is 6.92 Å². The van der Waals surface area contributed by atoms with Crippen molar-refractivity contribution in [3.8, 4) is 0 Å². The van der Waals surface area contributed by atoms with Crippen molar-refractivity contribution in [2.45, 2.75) is 72.1 Å². The molecule has 2 unspecified atom stereocenters. The monoisotopic (exact) mass is 260 g/mol. The minimum atomic E-state index is 0.0400. The summed E-state index contributed by atoms with van der Waals surface area (Å²) in [6.45, 7) is 10.9. The predicted molar refractivity (Wildman–Crippen MR) is 78.9 cm³/mol. The molecule has 0 amide bonds.